The summed E-state index contributed by atoms with van der Waals surface area (Å²) in [5.41, 5.74) is 0.998. The number of esters is 1. The molecule has 108 valence electrons. The number of aliphatic hydroxyl groups is 1. The predicted molar refractivity (Wildman–Crippen MR) is 78.9 cm³/mol. The molecule has 1 rings (SSSR count). The lowest BCUT2D eigenvalue weighted by Gasteiger charge is -2.15. The van der Waals surface area contributed by atoms with Crippen molar-refractivity contribution in [3.63, 3.8) is 0 Å². The summed E-state index contributed by atoms with van der Waals surface area (Å²) in [6.45, 7) is 5.18. The Hall–Kier alpha value is -1.92. The number of thiocarbonyl (C=S) groups is 1. The van der Waals surface area contributed by atoms with Crippen molar-refractivity contribution in [2.24, 2.45) is 0 Å². The maximum Gasteiger partial charge on any atom is 0.333 e. The summed E-state index contributed by atoms with van der Waals surface area (Å²) in [4.78, 5) is 11.1. The molecule has 0 bridgehead atoms. The van der Waals surface area contributed by atoms with Gasteiger partial charge in [0, 0.05) is 11.1 Å². The van der Waals surface area contributed by atoms with Crippen LogP contribution in [-0.2, 0) is 14.3 Å². The summed E-state index contributed by atoms with van der Waals surface area (Å²) in [5.74, 6) is -0.475. The fraction of sp³-hybridized carbons (Fsp3) is 0.286. The van der Waals surface area contributed by atoms with Gasteiger partial charge in [-0.25, -0.2) is 4.79 Å². The van der Waals surface area contributed by atoms with E-state index in [1.807, 2.05) is 6.07 Å². The number of ether oxygens (including phenoxy) is 2. The van der Waals surface area contributed by atoms with Gasteiger partial charge in [-0.15, -0.1) is 0 Å². The van der Waals surface area contributed by atoms with Gasteiger partial charge in [0.15, 0.2) is 6.23 Å². The summed E-state index contributed by atoms with van der Waals surface area (Å²) in [7, 11) is 0. The van der Waals surface area contributed by atoms with Crippen LogP contribution in [0.5, 0.6) is 0 Å². The van der Waals surface area contributed by atoms with Crippen LogP contribution in [0.1, 0.15) is 18.7 Å². The molecule has 0 saturated carbocycles. The standard InChI is InChI=1S/C14H17NO4S/c1-10(2)13(17)18-8-9-19-14(20)15-12(16)11-6-4-3-5-7-11/h3-7,12,16H,1,8-9H2,2H3,(H,15,20). The quantitative estimate of drug-likeness (QED) is 0.274. The van der Waals surface area contributed by atoms with E-state index in [-0.39, 0.29) is 18.4 Å². The van der Waals surface area contributed by atoms with Gasteiger partial charge in [-0.2, -0.15) is 0 Å². The highest BCUT2D eigenvalue weighted by atomic mass is 32.1. The van der Waals surface area contributed by atoms with Crippen molar-refractivity contribution in [1.29, 1.82) is 0 Å². The molecule has 0 amide bonds. The third-order valence-corrected chi connectivity index (χ3v) is 2.50. The first kappa shape index (κ1) is 16.1. The number of nitrogens with one attached hydrogen (secondary N) is 1. The molecule has 20 heavy (non-hydrogen) atoms. The van der Waals surface area contributed by atoms with Crippen molar-refractivity contribution >= 4 is 23.4 Å². The lowest BCUT2D eigenvalue weighted by atomic mass is 10.2. The lowest BCUT2D eigenvalue weighted by Crippen LogP contribution is -2.29. The van der Waals surface area contributed by atoms with E-state index in [1.54, 1.807) is 31.2 Å². The Morgan fingerprint density at radius 3 is 2.55 bits per heavy atom. The lowest BCUT2D eigenvalue weighted by molar-refractivity contribution is -0.139. The maximum atomic E-state index is 11.1. The number of aliphatic hydroxyl groups excluding tert-OH is 1. The molecular formula is C14H17NO4S. The van der Waals surface area contributed by atoms with Crippen molar-refractivity contribution in [3.8, 4) is 0 Å². The molecule has 0 aliphatic heterocycles. The maximum absolute atomic E-state index is 11.1. The van der Waals surface area contributed by atoms with Crippen molar-refractivity contribution in [2.75, 3.05) is 13.2 Å². The van der Waals surface area contributed by atoms with E-state index >= 15 is 0 Å². The van der Waals surface area contributed by atoms with Crippen molar-refractivity contribution in [2.45, 2.75) is 13.2 Å². The molecule has 2 N–H and O–H groups in total. The third kappa shape index (κ3) is 5.81. The first-order chi connectivity index (χ1) is 9.50. The Kier molecular flexibility index (Phi) is 6.69. The molecule has 6 heteroatoms. The van der Waals surface area contributed by atoms with E-state index in [0.717, 1.165) is 0 Å². The molecule has 1 atom stereocenters. The molecule has 0 spiro atoms. The second-order valence-corrected chi connectivity index (χ2v) is 4.38. The molecular weight excluding hydrogens is 278 g/mol. The smallest absolute Gasteiger partial charge is 0.333 e. The van der Waals surface area contributed by atoms with Gasteiger partial charge in [0.2, 0.25) is 0 Å². The highest BCUT2D eigenvalue weighted by Crippen LogP contribution is 2.08. The molecule has 0 aromatic heterocycles. The molecule has 1 unspecified atom stereocenters. The third-order valence-electron chi connectivity index (χ3n) is 2.27. The van der Waals surface area contributed by atoms with Gasteiger partial charge in [0.05, 0.1) is 0 Å². The van der Waals surface area contributed by atoms with Crippen LogP contribution in [-0.4, -0.2) is 29.5 Å². The fourth-order valence-electron chi connectivity index (χ4n) is 1.26. The van der Waals surface area contributed by atoms with Gasteiger partial charge < -0.3 is 19.9 Å². The minimum atomic E-state index is -0.943. The molecule has 0 aliphatic rings. The predicted octanol–water partition coefficient (Wildman–Crippen LogP) is 1.69. The average molecular weight is 295 g/mol. The molecule has 1 aromatic rings. The largest absolute Gasteiger partial charge is 0.467 e. The van der Waals surface area contributed by atoms with E-state index in [2.05, 4.69) is 11.9 Å². The minimum absolute atomic E-state index is 0.0349. The monoisotopic (exact) mass is 295 g/mol. The van der Waals surface area contributed by atoms with E-state index < -0.39 is 12.2 Å². The number of carbonyl (C=O) groups excluding carboxylic acids is 1. The molecule has 0 heterocycles. The molecule has 0 fully saturated rings. The van der Waals surface area contributed by atoms with Gasteiger partial charge >= 0.3 is 5.97 Å². The zero-order valence-corrected chi connectivity index (χ0v) is 12.0. The van der Waals surface area contributed by atoms with Crippen LogP contribution in [0, 0.1) is 0 Å². The van der Waals surface area contributed by atoms with Crippen LogP contribution in [0.4, 0.5) is 0 Å². The van der Waals surface area contributed by atoms with Crippen LogP contribution < -0.4 is 5.32 Å². The number of benzene rings is 1. The summed E-state index contributed by atoms with van der Waals surface area (Å²) >= 11 is 4.91. The number of hydrogen-bond acceptors (Lipinski definition) is 5. The Morgan fingerprint density at radius 2 is 1.95 bits per heavy atom. The zero-order chi connectivity index (χ0) is 15.0. The number of rotatable bonds is 6. The SMILES string of the molecule is C=C(C)C(=O)OCCOC(=S)NC(O)c1ccccc1. The van der Waals surface area contributed by atoms with Crippen LogP contribution in [0.3, 0.4) is 0 Å². The molecule has 0 radical (unpaired) electrons. The van der Waals surface area contributed by atoms with Gasteiger partial charge in [-0.05, 0) is 19.1 Å². The Bertz CT molecular complexity index is 475. The minimum Gasteiger partial charge on any atom is -0.467 e. The van der Waals surface area contributed by atoms with Crippen LogP contribution in [0.2, 0.25) is 0 Å². The van der Waals surface area contributed by atoms with Crippen LogP contribution in [0.25, 0.3) is 0 Å². The van der Waals surface area contributed by atoms with Crippen LogP contribution in [0.15, 0.2) is 42.5 Å². The van der Waals surface area contributed by atoms with Gasteiger partial charge in [-0.1, -0.05) is 36.9 Å². The highest BCUT2D eigenvalue weighted by Gasteiger charge is 2.09. The molecule has 0 aliphatic carbocycles. The summed E-state index contributed by atoms with van der Waals surface area (Å²) in [5, 5.41) is 12.5. The summed E-state index contributed by atoms with van der Waals surface area (Å²) in [6.07, 6.45) is -0.943. The van der Waals surface area contributed by atoms with E-state index in [0.29, 0.717) is 11.1 Å². The molecule has 1 aromatic carbocycles. The Labute approximate surface area is 123 Å². The van der Waals surface area contributed by atoms with Crippen molar-refractivity contribution in [3.05, 3.63) is 48.0 Å². The van der Waals surface area contributed by atoms with Gasteiger partial charge in [0.25, 0.3) is 5.17 Å². The second kappa shape index (κ2) is 8.29. The highest BCUT2D eigenvalue weighted by molar-refractivity contribution is 7.80. The average Bonchev–Trinajstić information content (AvgIpc) is 2.44. The fourth-order valence-corrected chi connectivity index (χ4v) is 1.46. The molecule has 5 nitrogen and oxygen atoms in total. The van der Waals surface area contributed by atoms with Crippen LogP contribution >= 0.6 is 12.2 Å². The number of carbonyl (C=O) groups is 1. The summed E-state index contributed by atoms with van der Waals surface area (Å²) in [6, 6.07) is 8.98. The zero-order valence-electron chi connectivity index (χ0n) is 11.2. The summed E-state index contributed by atoms with van der Waals surface area (Å²) < 4.78 is 9.95. The van der Waals surface area contributed by atoms with Gasteiger partial charge in [0.1, 0.15) is 13.2 Å². The topological polar surface area (TPSA) is 67.8 Å². The van der Waals surface area contributed by atoms with E-state index in [1.165, 1.54) is 0 Å². The number of hydrogen-bond donors (Lipinski definition) is 2. The van der Waals surface area contributed by atoms with Gasteiger partial charge in [-0.3, -0.25) is 0 Å². The first-order valence-electron chi connectivity index (χ1n) is 5.99. The van der Waals surface area contributed by atoms with Crippen molar-refractivity contribution in [1.82, 2.24) is 5.32 Å². The molecule has 0 saturated heterocycles. The van der Waals surface area contributed by atoms with E-state index in [9.17, 15) is 9.90 Å². The Balaban J connectivity index is 2.24. The Morgan fingerprint density at radius 1 is 1.35 bits per heavy atom. The second-order valence-electron chi connectivity index (χ2n) is 4.01. The van der Waals surface area contributed by atoms with Crippen molar-refractivity contribution < 1.29 is 19.4 Å². The first-order valence-corrected chi connectivity index (χ1v) is 6.40. The van der Waals surface area contributed by atoms with E-state index in [4.69, 9.17) is 21.7 Å². The normalized spacial score (nSPS) is 11.3.